The van der Waals surface area contributed by atoms with E-state index in [1.54, 1.807) is 0 Å². The quantitative estimate of drug-likeness (QED) is 0.875. The van der Waals surface area contributed by atoms with Crippen molar-refractivity contribution in [2.75, 3.05) is 0 Å². The SMILES string of the molecule is CCc1ccc(C(O)c2ccc(CC(C)C)cc2)o1. The second-order valence-corrected chi connectivity index (χ2v) is 5.40. The molecule has 0 spiro atoms. The molecule has 0 saturated heterocycles. The van der Waals surface area contributed by atoms with E-state index in [2.05, 4.69) is 26.0 Å². The summed E-state index contributed by atoms with van der Waals surface area (Å²) in [5.74, 6) is 2.17. The highest BCUT2D eigenvalue weighted by Gasteiger charge is 2.14. The monoisotopic (exact) mass is 258 g/mol. The van der Waals surface area contributed by atoms with Crippen molar-refractivity contribution < 1.29 is 9.52 Å². The van der Waals surface area contributed by atoms with Crippen LogP contribution in [0.4, 0.5) is 0 Å². The molecule has 0 aliphatic rings. The number of furan rings is 1. The van der Waals surface area contributed by atoms with Crippen LogP contribution in [0.2, 0.25) is 0 Å². The van der Waals surface area contributed by atoms with E-state index in [9.17, 15) is 5.11 Å². The molecule has 1 unspecified atom stereocenters. The van der Waals surface area contributed by atoms with Crippen molar-refractivity contribution in [2.24, 2.45) is 5.92 Å². The minimum Gasteiger partial charge on any atom is -0.463 e. The minimum atomic E-state index is -0.673. The van der Waals surface area contributed by atoms with Gasteiger partial charge in [0.15, 0.2) is 0 Å². The highest BCUT2D eigenvalue weighted by molar-refractivity contribution is 5.29. The molecule has 0 amide bonds. The van der Waals surface area contributed by atoms with Gasteiger partial charge in [0.25, 0.3) is 0 Å². The Bertz CT molecular complexity index is 508. The minimum absolute atomic E-state index is 0.619. The molecule has 0 radical (unpaired) electrons. The highest BCUT2D eigenvalue weighted by Crippen LogP contribution is 2.24. The van der Waals surface area contributed by atoms with Crippen LogP contribution >= 0.6 is 0 Å². The third kappa shape index (κ3) is 3.48. The first-order valence-electron chi connectivity index (χ1n) is 6.95. The number of aryl methyl sites for hydroxylation is 1. The van der Waals surface area contributed by atoms with Crippen LogP contribution in [0, 0.1) is 5.92 Å². The molecule has 0 bridgehead atoms. The Morgan fingerprint density at radius 2 is 1.74 bits per heavy atom. The van der Waals surface area contributed by atoms with E-state index in [0.717, 1.165) is 24.2 Å². The van der Waals surface area contributed by atoms with Gasteiger partial charge in [-0.1, -0.05) is 45.0 Å². The van der Waals surface area contributed by atoms with Crippen molar-refractivity contribution in [1.29, 1.82) is 0 Å². The molecule has 0 aliphatic carbocycles. The van der Waals surface area contributed by atoms with Gasteiger partial charge in [0.2, 0.25) is 0 Å². The van der Waals surface area contributed by atoms with Crippen LogP contribution in [0.3, 0.4) is 0 Å². The second kappa shape index (κ2) is 6.07. The smallest absolute Gasteiger partial charge is 0.137 e. The van der Waals surface area contributed by atoms with Gasteiger partial charge in [0.1, 0.15) is 17.6 Å². The molecule has 1 aromatic heterocycles. The Kier molecular flexibility index (Phi) is 4.43. The molecule has 2 aromatic rings. The van der Waals surface area contributed by atoms with Crippen molar-refractivity contribution in [3.8, 4) is 0 Å². The molecule has 19 heavy (non-hydrogen) atoms. The van der Waals surface area contributed by atoms with E-state index in [4.69, 9.17) is 4.42 Å². The lowest BCUT2D eigenvalue weighted by Gasteiger charge is -2.10. The van der Waals surface area contributed by atoms with Crippen LogP contribution < -0.4 is 0 Å². The summed E-state index contributed by atoms with van der Waals surface area (Å²) in [4.78, 5) is 0. The van der Waals surface area contributed by atoms with E-state index in [1.165, 1.54) is 5.56 Å². The summed E-state index contributed by atoms with van der Waals surface area (Å²) >= 11 is 0. The molecule has 2 nitrogen and oxygen atoms in total. The number of benzene rings is 1. The molecule has 1 N–H and O–H groups in total. The zero-order chi connectivity index (χ0) is 13.8. The van der Waals surface area contributed by atoms with Crippen LogP contribution in [0.25, 0.3) is 0 Å². The van der Waals surface area contributed by atoms with Crippen molar-refractivity contribution in [1.82, 2.24) is 0 Å². The van der Waals surface area contributed by atoms with Crippen molar-refractivity contribution in [3.63, 3.8) is 0 Å². The van der Waals surface area contributed by atoms with Crippen molar-refractivity contribution >= 4 is 0 Å². The van der Waals surface area contributed by atoms with Crippen LogP contribution in [0.5, 0.6) is 0 Å². The molecule has 2 heteroatoms. The third-order valence-electron chi connectivity index (χ3n) is 3.24. The van der Waals surface area contributed by atoms with Gasteiger partial charge in [-0.3, -0.25) is 0 Å². The fraction of sp³-hybridized carbons (Fsp3) is 0.412. The molecule has 1 aromatic carbocycles. The maximum Gasteiger partial charge on any atom is 0.137 e. The van der Waals surface area contributed by atoms with Crippen LogP contribution in [-0.2, 0) is 12.8 Å². The predicted molar refractivity (Wildman–Crippen MR) is 77.1 cm³/mol. The summed E-state index contributed by atoms with van der Waals surface area (Å²) in [6, 6.07) is 11.9. The highest BCUT2D eigenvalue weighted by atomic mass is 16.4. The van der Waals surface area contributed by atoms with Gasteiger partial charge in [-0.05, 0) is 35.6 Å². The zero-order valence-corrected chi connectivity index (χ0v) is 11.9. The molecule has 0 fully saturated rings. The Hall–Kier alpha value is -1.54. The maximum absolute atomic E-state index is 10.3. The number of hydrogen-bond donors (Lipinski definition) is 1. The first-order valence-corrected chi connectivity index (χ1v) is 6.95. The van der Waals surface area contributed by atoms with Crippen LogP contribution in [0.1, 0.15) is 49.5 Å². The zero-order valence-electron chi connectivity index (χ0n) is 11.9. The lowest BCUT2D eigenvalue weighted by Crippen LogP contribution is -1.99. The summed E-state index contributed by atoms with van der Waals surface area (Å²) in [6.07, 6.45) is 1.24. The third-order valence-corrected chi connectivity index (χ3v) is 3.24. The number of aliphatic hydroxyl groups excluding tert-OH is 1. The molecule has 2 rings (SSSR count). The predicted octanol–water partition coefficient (Wildman–Crippen LogP) is 4.12. The fourth-order valence-corrected chi connectivity index (χ4v) is 2.20. The van der Waals surface area contributed by atoms with Gasteiger partial charge in [0.05, 0.1) is 0 Å². The summed E-state index contributed by atoms with van der Waals surface area (Å²) in [5, 5.41) is 10.3. The molecule has 0 aliphatic heterocycles. The molecular formula is C17H22O2. The van der Waals surface area contributed by atoms with E-state index in [0.29, 0.717) is 11.7 Å². The van der Waals surface area contributed by atoms with Gasteiger partial charge >= 0.3 is 0 Å². The van der Waals surface area contributed by atoms with Gasteiger partial charge in [-0.25, -0.2) is 0 Å². The van der Waals surface area contributed by atoms with E-state index in [1.807, 2.05) is 31.2 Å². The number of rotatable bonds is 5. The Balaban J connectivity index is 2.12. The second-order valence-electron chi connectivity index (χ2n) is 5.40. The van der Waals surface area contributed by atoms with Gasteiger partial charge in [0, 0.05) is 6.42 Å². The van der Waals surface area contributed by atoms with Crippen molar-refractivity contribution in [3.05, 3.63) is 59.0 Å². The number of hydrogen-bond acceptors (Lipinski definition) is 2. The number of aliphatic hydroxyl groups is 1. The molecular weight excluding hydrogens is 236 g/mol. The Morgan fingerprint density at radius 3 is 2.26 bits per heavy atom. The van der Waals surface area contributed by atoms with Gasteiger partial charge < -0.3 is 9.52 Å². The summed E-state index contributed by atoms with van der Waals surface area (Å²) in [5.41, 5.74) is 2.18. The molecule has 0 saturated carbocycles. The van der Waals surface area contributed by atoms with Crippen LogP contribution in [0.15, 0.2) is 40.8 Å². The van der Waals surface area contributed by atoms with E-state index >= 15 is 0 Å². The lowest BCUT2D eigenvalue weighted by atomic mass is 10.00. The Labute approximate surface area is 115 Å². The average Bonchev–Trinajstić information content (AvgIpc) is 2.87. The topological polar surface area (TPSA) is 33.4 Å². The largest absolute Gasteiger partial charge is 0.463 e. The normalized spacial score (nSPS) is 12.9. The Morgan fingerprint density at radius 1 is 1.05 bits per heavy atom. The summed E-state index contributed by atoms with van der Waals surface area (Å²) < 4.78 is 5.59. The summed E-state index contributed by atoms with van der Waals surface area (Å²) in [7, 11) is 0. The summed E-state index contributed by atoms with van der Waals surface area (Å²) in [6.45, 7) is 6.45. The fourth-order valence-electron chi connectivity index (χ4n) is 2.20. The first kappa shape index (κ1) is 13.9. The molecule has 102 valence electrons. The van der Waals surface area contributed by atoms with E-state index in [-0.39, 0.29) is 0 Å². The van der Waals surface area contributed by atoms with Crippen molar-refractivity contribution in [2.45, 2.75) is 39.7 Å². The maximum atomic E-state index is 10.3. The lowest BCUT2D eigenvalue weighted by molar-refractivity contribution is 0.187. The molecule has 1 heterocycles. The van der Waals surface area contributed by atoms with Gasteiger partial charge in [-0.15, -0.1) is 0 Å². The first-order chi connectivity index (χ1) is 9.10. The molecule has 1 atom stereocenters. The van der Waals surface area contributed by atoms with Gasteiger partial charge in [-0.2, -0.15) is 0 Å². The van der Waals surface area contributed by atoms with Crippen LogP contribution in [-0.4, -0.2) is 5.11 Å². The average molecular weight is 258 g/mol. The van der Waals surface area contributed by atoms with E-state index < -0.39 is 6.10 Å². The standard InChI is InChI=1S/C17H22O2/c1-4-15-9-10-16(19-15)17(18)14-7-5-13(6-8-14)11-12(2)3/h5-10,12,17-18H,4,11H2,1-3H3.